The zero-order chi connectivity index (χ0) is 23.4. The summed E-state index contributed by atoms with van der Waals surface area (Å²) in [7, 11) is 0. The van der Waals surface area contributed by atoms with E-state index < -0.39 is 41.7 Å². The molecule has 170 valence electrons. The number of nitrogens with zero attached hydrogens (tertiary/aromatic N) is 1. The summed E-state index contributed by atoms with van der Waals surface area (Å²) in [5.74, 6) is -1.54. The van der Waals surface area contributed by atoms with Crippen molar-refractivity contribution >= 4 is 40.8 Å². The molecule has 11 heteroatoms. The van der Waals surface area contributed by atoms with Gasteiger partial charge in [-0.2, -0.15) is 0 Å². The predicted molar refractivity (Wildman–Crippen MR) is 117 cm³/mol. The molecule has 2 aromatic rings. The van der Waals surface area contributed by atoms with Crippen LogP contribution in [0.25, 0.3) is 0 Å². The Morgan fingerprint density at radius 2 is 2.09 bits per heavy atom. The Morgan fingerprint density at radius 3 is 2.78 bits per heavy atom. The number of cyclic esters (lactones) is 1. The number of nitrogens with two attached hydrogens (primary N) is 1. The fourth-order valence-electron chi connectivity index (χ4n) is 3.17. The minimum Gasteiger partial charge on any atom is -0.433 e. The van der Waals surface area contributed by atoms with Crippen LogP contribution in [0.3, 0.4) is 0 Å². The monoisotopic (exact) mass is 462 g/mol. The Labute approximate surface area is 188 Å². The second kappa shape index (κ2) is 9.84. The van der Waals surface area contributed by atoms with Gasteiger partial charge in [0, 0.05) is 18.4 Å². The molecule has 1 aromatic carbocycles. The van der Waals surface area contributed by atoms with Crippen LogP contribution in [0.1, 0.15) is 36.7 Å². The normalized spacial score (nSPS) is 18.7. The van der Waals surface area contributed by atoms with Crippen molar-refractivity contribution in [2.75, 3.05) is 17.7 Å². The molecular weight excluding hydrogens is 440 g/mol. The summed E-state index contributed by atoms with van der Waals surface area (Å²) < 4.78 is 11.5. The molecule has 1 fully saturated rings. The number of esters is 1. The number of nitrogen functional groups attached to an aromatic ring is 1. The maximum Gasteiger partial charge on any atom is 0.310 e. The highest BCUT2D eigenvalue weighted by Crippen LogP contribution is 2.20. The average Bonchev–Trinajstić information content (AvgIpc) is 3.09. The summed E-state index contributed by atoms with van der Waals surface area (Å²) in [4.78, 5) is 49.7. The molecule has 32 heavy (non-hydrogen) atoms. The van der Waals surface area contributed by atoms with Gasteiger partial charge in [-0.05, 0) is 44.2 Å². The first-order chi connectivity index (χ1) is 15.2. The number of carbonyl (C=O) groups excluding carboxylic acids is 3. The van der Waals surface area contributed by atoms with Gasteiger partial charge in [0.05, 0.1) is 17.1 Å². The molecule has 2 amide bonds. The van der Waals surface area contributed by atoms with Gasteiger partial charge in [0.2, 0.25) is 12.2 Å². The number of carbonyl (C=O) groups is 3. The molecule has 1 aliphatic rings. The van der Waals surface area contributed by atoms with Crippen LogP contribution in [0.4, 0.5) is 11.4 Å². The molecule has 10 nitrogen and oxygen atoms in total. The zero-order valence-electron chi connectivity index (χ0n) is 17.5. The SMILES string of the molecule is CCO[C@H]1OC(=O)C[C@@H]1NC(=O)C(C)n1cccc(NC(=O)c2ccc(N)c(Cl)c2)c1=O. The van der Waals surface area contributed by atoms with Crippen LogP contribution in [0.15, 0.2) is 41.3 Å². The first kappa shape index (κ1) is 23.3. The lowest BCUT2D eigenvalue weighted by atomic mass is 10.2. The third-order valence-corrected chi connectivity index (χ3v) is 5.23. The molecule has 0 saturated carbocycles. The van der Waals surface area contributed by atoms with Crippen molar-refractivity contribution in [1.82, 2.24) is 9.88 Å². The number of ether oxygens (including phenoxy) is 2. The largest absolute Gasteiger partial charge is 0.433 e. The number of hydrogen-bond acceptors (Lipinski definition) is 7. The third-order valence-electron chi connectivity index (χ3n) is 4.90. The molecular formula is C21H23ClN4O6. The maximum atomic E-state index is 12.9. The standard InChI is InChI=1S/C21H23ClN4O6/c1-3-31-21-16(10-17(27)32-21)25-18(28)11(2)26-8-4-5-15(20(26)30)24-19(29)12-6-7-14(23)13(22)9-12/h4-9,11,16,21H,3,10,23H2,1-2H3,(H,24,29)(H,25,28)/t11?,16-,21-/m0/s1. The molecule has 0 aliphatic carbocycles. The Morgan fingerprint density at radius 1 is 1.34 bits per heavy atom. The highest BCUT2D eigenvalue weighted by Gasteiger charge is 2.37. The van der Waals surface area contributed by atoms with Gasteiger partial charge in [-0.3, -0.25) is 19.2 Å². The average molecular weight is 463 g/mol. The van der Waals surface area contributed by atoms with Crippen LogP contribution in [-0.4, -0.2) is 41.3 Å². The van der Waals surface area contributed by atoms with Gasteiger partial charge in [0.25, 0.3) is 11.5 Å². The van der Waals surface area contributed by atoms with E-state index in [-0.39, 0.29) is 22.7 Å². The molecule has 2 heterocycles. The number of halogens is 1. The third kappa shape index (κ3) is 5.09. The molecule has 0 bridgehead atoms. The Balaban J connectivity index is 1.74. The summed E-state index contributed by atoms with van der Waals surface area (Å²) >= 11 is 5.95. The lowest BCUT2D eigenvalue weighted by molar-refractivity contribution is -0.164. The summed E-state index contributed by atoms with van der Waals surface area (Å²) in [6.07, 6.45) is 0.523. The number of amides is 2. The highest BCUT2D eigenvalue weighted by atomic mass is 35.5. The summed E-state index contributed by atoms with van der Waals surface area (Å²) in [5.41, 5.74) is 5.60. The van der Waals surface area contributed by atoms with E-state index in [0.717, 1.165) is 0 Å². The predicted octanol–water partition coefficient (Wildman–Crippen LogP) is 1.69. The van der Waals surface area contributed by atoms with Crippen molar-refractivity contribution in [3.63, 3.8) is 0 Å². The van der Waals surface area contributed by atoms with Crippen LogP contribution in [-0.2, 0) is 19.1 Å². The smallest absolute Gasteiger partial charge is 0.310 e. The van der Waals surface area contributed by atoms with Crippen molar-refractivity contribution in [3.8, 4) is 0 Å². The van der Waals surface area contributed by atoms with Gasteiger partial charge >= 0.3 is 5.97 Å². The molecule has 0 spiro atoms. The van der Waals surface area contributed by atoms with Crippen LogP contribution in [0, 0.1) is 0 Å². The van der Waals surface area contributed by atoms with E-state index in [1.54, 1.807) is 6.92 Å². The molecule has 4 N–H and O–H groups in total. The van der Waals surface area contributed by atoms with E-state index >= 15 is 0 Å². The second-order valence-electron chi connectivity index (χ2n) is 7.13. The Bertz CT molecular complexity index is 1100. The Hall–Kier alpha value is -3.37. The molecule has 1 unspecified atom stereocenters. The number of anilines is 2. The number of nitrogens with one attached hydrogen (secondary N) is 2. The van der Waals surface area contributed by atoms with Crippen LogP contribution >= 0.6 is 11.6 Å². The topological polar surface area (TPSA) is 142 Å². The fourth-order valence-corrected chi connectivity index (χ4v) is 3.35. The number of aromatic nitrogens is 1. The van der Waals surface area contributed by atoms with Gasteiger partial charge in [0.1, 0.15) is 17.8 Å². The van der Waals surface area contributed by atoms with E-state index in [2.05, 4.69) is 10.6 Å². The molecule has 3 rings (SSSR count). The zero-order valence-corrected chi connectivity index (χ0v) is 18.2. The molecule has 3 atom stereocenters. The van der Waals surface area contributed by atoms with E-state index in [1.807, 2.05) is 0 Å². The highest BCUT2D eigenvalue weighted by molar-refractivity contribution is 6.33. The fraction of sp³-hybridized carbons (Fsp3) is 0.333. The number of benzene rings is 1. The summed E-state index contributed by atoms with van der Waals surface area (Å²) in [6, 6.07) is 5.73. The van der Waals surface area contributed by atoms with Gasteiger partial charge in [-0.25, -0.2) is 0 Å². The first-order valence-corrected chi connectivity index (χ1v) is 10.3. The van der Waals surface area contributed by atoms with Gasteiger partial charge in [-0.15, -0.1) is 0 Å². The second-order valence-corrected chi connectivity index (χ2v) is 7.54. The molecule has 1 aromatic heterocycles. The minimum absolute atomic E-state index is 0.0170. The molecule has 0 radical (unpaired) electrons. The van der Waals surface area contributed by atoms with Crippen LogP contribution < -0.4 is 21.9 Å². The number of hydrogen-bond donors (Lipinski definition) is 3. The van der Waals surface area contributed by atoms with Crippen molar-refractivity contribution in [2.24, 2.45) is 0 Å². The van der Waals surface area contributed by atoms with Gasteiger partial charge < -0.3 is 30.4 Å². The maximum absolute atomic E-state index is 12.9. The van der Waals surface area contributed by atoms with E-state index in [4.69, 9.17) is 26.8 Å². The van der Waals surface area contributed by atoms with Crippen LogP contribution in [0.2, 0.25) is 5.02 Å². The lowest BCUT2D eigenvalue weighted by Crippen LogP contribution is -2.45. The van der Waals surface area contributed by atoms with Crippen molar-refractivity contribution in [3.05, 3.63) is 57.5 Å². The Kier molecular flexibility index (Phi) is 7.16. The summed E-state index contributed by atoms with van der Waals surface area (Å²) in [6.45, 7) is 3.57. The molecule has 1 aliphatic heterocycles. The van der Waals surface area contributed by atoms with E-state index in [0.29, 0.717) is 12.3 Å². The number of rotatable bonds is 7. The minimum atomic E-state index is -0.928. The van der Waals surface area contributed by atoms with E-state index in [1.165, 1.54) is 48.0 Å². The van der Waals surface area contributed by atoms with E-state index in [9.17, 15) is 19.2 Å². The first-order valence-electron chi connectivity index (χ1n) is 9.90. The van der Waals surface area contributed by atoms with Gasteiger partial charge in [-0.1, -0.05) is 11.6 Å². The lowest BCUT2D eigenvalue weighted by Gasteiger charge is -2.21. The van der Waals surface area contributed by atoms with Crippen molar-refractivity contribution in [1.29, 1.82) is 0 Å². The van der Waals surface area contributed by atoms with Gasteiger partial charge in [0.15, 0.2) is 0 Å². The number of pyridine rings is 1. The quantitative estimate of drug-likeness (QED) is 0.419. The molecule has 1 saturated heterocycles. The van der Waals surface area contributed by atoms with Crippen LogP contribution in [0.5, 0.6) is 0 Å². The van der Waals surface area contributed by atoms with Crippen molar-refractivity contribution < 1.29 is 23.9 Å². The summed E-state index contributed by atoms with van der Waals surface area (Å²) in [5, 5.41) is 5.42. The van der Waals surface area contributed by atoms with Crippen molar-refractivity contribution in [2.45, 2.75) is 38.6 Å².